The van der Waals surface area contributed by atoms with Crippen molar-refractivity contribution in [2.75, 3.05) is 33.9 Å². The third-order valence-electron chi connectivity index (χ3n) is 4.82. The first-order chi connectivity index (χ1) is 12.0. The molecule has 1 saturated carbocycles. The highest BCUT2D eigenvalue weighted by molar-refractivity contribution is 14.0. The third-order valence-corrected chi connectivity index (χ3v) is 4.82. The first-order valence-corrected chi connectivity index (χ1v) is 8.92. The maximum absolute atomic E-state index is 13.9. The summed E-state index contributed by atoms with van der Waals surface area (Å²) in [7, 11) is 3.21. The van der Waals surface area contributed by atoms with Gasteiger partial charge in [-0.1, -0.05) is 6.07 Å². The quantitative estimate of drug-likeness (QED) is 0.244. The Balaban J connectivity index is 0.00000338. The number of hydrogen-bond acceptors (Lipinski definition) is 3. The van der Waals surface area contributed by atoms with Crippen molar-refractivity contribution in [3.8, 4) is 5.75 Å². The molecule has 1 fully saturated rings. The van der Waals surface area contributed by atoms with E-state index in [4.69, 9.17) is 9.47 Å². The lowest BCUT2D eigenvalue weighted by atomic mass is 10.0. The molecule has 0 spiro atoms. The zero-order valence-electron chi connectivity index (χ0n) is 16.1. The van der Waals surface area contributed by atoms with E-state index in [1.165, 1.54) is 26.0 Å². The van der Waals surface area contributed by atoms with E-state index in [9.17, 15) is 4.39 Å². The highest BCUT2D eigenvalue weighted by Gasteiger charge is 2.42. The summed E-state index contributed by atoms with van der Waals surface area (Å²) in [6.07, 6.45) is 3.52. The molecule has 2 N–H and O–H groups in total. The molecule has 2 rings (SSSR count). The van der Waals surface area contributed by atoms with Crippen LogP contribution in [0.25, 0.3) is 0 Å². The number of halogens is 2. The molecule has 1 unspecified atom stereocenters. The number of aliphatic imine (C=N–C) groups is 1. The summed E-state index contributed by atoms with van der Waals surface area (Å²) in [5.74, 6) is 0.624. The first kappa shape index (κ1) is 23.0. The normalized spacial score (nSPS) is 16.4. The van der Waals surface area contributed by atoms with E-state index in [0.29, 0.717) is 5.41 Å². The van der Waals surface area contributed by atoms with Crippen LogP contribution in [-0.2, 0) is 4.74 Å². The number of hydrogen-bond donors (Lipinski definition) is 2. The number of nitrogens with zero attached hydrogens (tertiary/aromatic N) is 1. The lowest BCUT2D eigenvalue weighted by Crippen LogP contribution is -2.41. The molecule has 1 aromatic rings. The van der Waals surface area contributed by atoms with E-state index in [0.717, 1.165) is 37.7 Å². The van der Waals surface area contributed by atoms with Crippen molar-refractivity contribution in [1.82, 2.24) is 10.6 Å². The van der Waals surface area contributed by atoms with Crippen molar-refractivity contribution >= 4 is 29.9 Å². The average Bonchev–Trinajstić information content (AvgIpc) is 3.38. The summed E-state index contributed by atoms with van der Waals surface area (Å²) >= 11 is 0. The van der Waals surface area contributed by atoms with Crippen molar-refractivity contribution in [3.05, 3.63) is 29.6 Å². The van der Waals surface area contributed by atoms with Gasteiger partial charge in [0.2, 0.25) is 0 Å². The van der Waals surface area contributed by atoms with E-state index < -0.39 is 0 Å². The van der Waals surface area contributed by atoms with Crippen LogP contribution in [0, 0.1) is 11.2 Å². The van der Waals surface area contributed by atoms with Gasteiger partial charge in [-0.2, -0.15) is 0 Å². The van der Waals surface area contributed by atoms with E-state index in [2.05, 4.69) is 15.6 Å². The van der Waals surface area contributed by atoms with Crippen LogP contribution in [0.3, 0.4) is 0 Å². The van der Waals surface area contributed by atoms with Gasteiger partial charge < -0.3 is 20.1 Å². The Kier molecular flexibility index (Phi) is 9.63. The van der Waals surface area contributed by atoms with Crippen molar-refractivity contribution in [1.29, 1.82) is 0 Å². The predicted molar refractivity (Wildman–Crippen MR) is 114 cm³/mol. The largest absolute Gasteiger partial charge is 0.494 e. The number of benzene rings is 1. The van der Waals surface area contributed by atoms with Gasteiger partial charge in [0.15, 0.2) is 17.5 Å². The fraction of sp³-hybridized carbons (Fsp3) is 0.632. The minimum Gasteiger partial charge on any atom is -0.494 e. The topological polar surface area (TPSA) is 54.9 Å². The molecule has 1 aliphatic rings. The SMILES string of the molecule is CCOCCC1(CNC(=NC)NC(C)c2ccc(OC)c(F)c2)CC1.I. The molecule has 0 heterocycles. The number of guanidine groups is 1. The number of nitrogens with one attached hydrogen (secondary N) is 2. The Morgan fingerprint density at radius 1 is 1.38 bits per heavy atom. The molecule has 5 nitrogen and oxygen atoms in total. The van der Waals surface area contributed by atoms with E-state index in [1.807, 2.05) is 19.9 Å². The number of rotatable bonds is 9. The fourth-order valence-electron chi connectivity index (χ4n) is 2.83. The highest BCUT2D eigenvalue weighted by Crippen LogP contribution is 2.48. The molecule has 1 atom stereocenters. The van der Waals surface area contributed by atoms with Gasteiger partial charge in [-0.05, 0) is 56.2 Å². The molecule has 148 valence electrons. The van der Waals surface area contributed by atoms with Crippen molar-refractivity contribution in [2.24, 2.45) is 10.4 Å². The van der Waals surface area contributed by atoms with Crippen LogP contribution in [0.5, 0.6) is 5.75 Å². The molecule has 0 aliphatic heterocycles. The van der Waals surface area contributed by atoms with Crippen molar-refractivity contribution < 1.29 is 13.9 Å². The molecule has 1 aliphatic carbocycles. The molecule has 0 aromatic heterocycles. The van der Waals surface area contributed by atoms with Crippen LogP contribution in [-0.4, -0.2) is 39.9 Å². The van der Waals surface area contributed by atoms with Crippen molar-refractivity contribution in [3.63, 3.8) is 0 Å². The minimum absolute atomic E-state index is 0. The summed E-state index contributed by atoms with van der Waals surface area (Å²) in [5.41, 5.74) is 1.18. The Morgan fingerprint density at radius 3 is 2.65 bits per heavy atom. The lowest BCUT2D eigenvalue weighted by molar-refractivity contribution is 0.128. The van der Waals surface area contributed by atoms with E-state index in [-0.39, 0.29) is 41.6 Å². The van der Waals surface area contributed by atoms with Crippen LogP contribution in [0.4, 0.5) is 4.39 Å². The molecular formula is C19H31FIN3O2. The van der Waals surface area contributed by atoms with E-state index in [1.54, 1.807) is 13.1 Å². The van der Waals surface area contributed by atoms with Crippen molar-refractivity contribution in [2.45, 2.75) is 39.2 Å². The Bertz CT molecular complexity index is 594. The van der Waals surface area contributed by atoms with Crippen LogP contribution in [0.1, 0.15) is 44.7 Å². The molecule has 0 radical (unpaired) electrons. The van der Waals surface area contributed by atoms with Gasteiger partial charge in [-0.15, -0.1) is 24.0 Å². The Labute approximate surface area is 173 Å². The molecule has 1 aromatic carbocycles. The second-order valence-corrected chi connectivity index (χ2v) is 6.63. The zero-order valence-corrected chi connectivity index (χ0v) is 18.4. The summed E-state index contributed by atoms with van der Waals surface area (Å²) in [6, 6.07) is 4.93. The molecule has 26 heavy (non-hydrogen) atoms. The first-order valence-electron chi connectivity index (χ1n) is 8.92. The number of methoxy groups -OCH3 is 1. The van der Waals surface area contributed by atoms with Crippen LogP contribution in [0.2, 0.25) is 0 Å². The van der Waals surface area contributed by atoms with E-state index >= 15 is 0 Å². The maximum Gasteiger partial charge on any atom is 0.191 e. The molecule has 0 amide bonds. The maximum atomic E-state index is 13.9. The van der Waals surface area contributed by atoms with Crippen LogP contribution in [0.15, 0.2) is 23.2 Å². The monoisotopic (exact) mass is 479 g/mol. The van der Waals surface area contributed by atoms with Crippen LogP contribution >= 0.6 is 24.0 Å². The third kappa shape index (κ3) is 6.57. The summed E-state index contributed by atoms with van der Waals surface area (Å²) in [6.45, 7) is 6.46. The second-order valence-electron chi connectivity index (χ2n) is 6.63. The number of ether oxygens (including phenoxy) is 2. The molecule has 0 saturated heterocycles. The summed E-state index contributed by atoms with van der Waals surface area (Å²) in [4.78, 5) is 4.28. The molecule has 0 bridgehead atoms. The summed E-state index contributed by atoms with van der Waals surface area (Å²) in [5, 5.41) is 6.72. The van der Waals surface area contributed by atoms with Gasteiger partial charge in [-0.25, -0.2) is 4.39 Å². The van der Waals surface area contributed by atoms with Gasteiger partial charge in [0.1, 0.15) is 0 Å². The molecule has 7 heteroatoms. The average molecular weight is 479 g/mol. The highest BCUT2D eigenvalue weighted by atomic mass is 127. The zero-order chi connectivity index (χ0) is 18.3. The fourth-order valence-corrected chi connectivity index (χ4v) is 2.83. The van der Waals surface area contributed by atoms with Gasteiger partial charge in [-0.3, -0.25) is 4.99 Å². The van der Waals surface area contributed by atoms with Gasteiger partial charge in [0, 0.05) is 26.8 Å². The lowest BCUT2D eigenvalue weighted by Gasteiger charge is -2.21. The summed E-state index contributed by atoms with van der Waals surface area (Å²) < 4.78 is 24.3. The predicted octanol–water partition coefficient (Wildman–Crippen LogP) is 3.89. The molecular weight excluding hydrogens is 448 g/mol. The standard InChI is InChI=1S/C19H30FN3O2.HI/c1-5-25-11-10-19(8-9-19)13-22-18(21-3)23-14(2)15-6-7-17(24-4)16(20)12-15;/h6-7,12,14H,5,8-11,13H2,1-4H3,(H2,21,22,23);1H. The second kappa shape index (κ2) is 10.9. The Morgan fingerprint density at radius 2 is 2.12 bits per heavy atom. The van der Waals surface area contributed by atoms with Gasteiger partial charge in [0.05, 0.1) is 13.2 Å². The van der Waals surface area contributed by atoms with Gasteiger partial charge in [0.25, 0.3) is 0 Å². The Hall–Kier alpha value is -1.09. The smallest absolute Gasteiger partial charge is 0.191 e. The minimum atomic E-state index is -0.357. The van der Waals surface area contributed by atoms with Gasteiger partial charge >= 0.3 is 0 Å². The van der Waals surface area contributed by atoms with Crippen LogP contribution < -0.4 is 15.4 Å².